The van der Waals surface area contributed by atoms with Gasteiger partial charge in [-0.1, -0.05) is 115 Å². The van der Waals surface area contributed by atoms with Crippen molar-refractivity contribution in [2.45, 2.75) is 105 Å². The van der Waals surface area contributed by atoms with Crippen LogP contribution in [0.5, 0.6) is 0 Å². The molecule has 2 amide bonds. The molecule has 0 bridgehead atoms. The molecule has 12 nitrogen and oxygen atoms in total. The van der Waals surface area contributed by atoms with Crippen LogP contribution in [0.1, 0.15) is 115 Å². The molecule has 0 saturated carbocycles. The Morgan fingerprint density at radius 1 is 0.543 bits per heavy atom. The summed E-state index contributed by atoms with van der Waals surface area (Å²) in [5, 5.41) is -1.98. The maximum absolute atomic E-state index is 15.6. The first-order chi connectivity index (χ1) is 64.9. The molecule has 24 heteroatoms. The van der Waals surface area contributed by atoms with Gasteiger partial charge in [0.2, 0.25) is 11.8 Å². The number of carbonyl (C=O) groups is 2. The number of likely N-dealkylation sites (tertiary alicyclic amines) is 2. The average Bonchev–Trinajstić information content (AvgIpc) is 0.666. The molecule has 8 aromatic carbocycles. The van der Waals surface area contributed by atoms with Gasteiger partial charge in [-0.15, -0.1) is 23.5 Å². The standard InChI is InChI=1S/C41H40F5N3O3S.C40H38F5N3O3S/c1-27-22-29(28-12-14-32(15-13-28)41(44,45)46)10-11-30(27)24-48(33-16-18-47(19-17-33)20-21-52-2)38(51)25-49-36-9-4-3-7-34(36)37(50)23-39(49)53-26-31-6-5-8-35(42)40(31)43;1-51-22-21-46-19-17-32(18-20-46)47(24-27-9-11-28(12-10-27)29-13-15-31(16-14-29)40(43,44)45)37(50)25-48-35-8-3-2-6-33(35)36(49)23-38(48)52-26-30-5-4-7-34(41)39(30)42/h3-15,22-23,33H,16-21,24-26H2,1-2H3;2-16,23,32H,17-22,24-26H2,1H3/i3D,4D,5D,6D,7D,8D,9D,10D,11D,12D,13D,14D,15D,16D2,17D2,18D2,19D2,21D2,22D,23D,33D;17D2,18D2,19D2,20D2,22D2,32D. The number of para-hydroxylation sites is 2. The van der Waals surface area contributed by atoms with E-state index >= 15 is 14.0 Å². The number of amides is 2. The first-order valence-corrected chi connectivity index (χ1v) is 32.6. The van der Waals surface area contributed by atoms with Gasteiger partial charge in [0.1, 0.15) is 13.1 Å². The number of carbonyl (C=O) groups excluding carboxylic acids is 2. The molecule has 4 heterocycles. The number of methoxy groups -OCH3 is 2. The predicted molar refractivity (Wildman–Crippen MR) is 391 cm³/mol. The van der Waals surface area contributed by atoms with Crippen molar-refractivity contribution < 1.29 is 114 Å². The average molecular weight is 1520 g/mol. The van der Waals surface area contributed by atoms with E-state index in [1.54, 1.807) is 0 Å². The van der Waals surface area contributed by atoms with Gasteiger partial charge in [0.25, 0.3) is 0 Å². The summed E-state index contributed by atoms with van der Waals surface area (Å²) < 4.78 is 477. The maximum atomic E-state index is 15.6. The molecule has 12 rings (SSSR count). The van der Waals surface area contributed by atoms with Gasteiger partial charge in [0, 0.05) is 146 Å². The van der Waals surface area contributed by atoms with Gasteiger partial charge in [0.15, 0.2) is 34.1 Å². The fraction of sp³-hybridized carbons (Fsp3) is 0.309. The number of ether oxygens (including phenoxy) is 2. The van der Waals surface area contributed by atoms with E-state index in [-0.39, 0.29) is 59.3 Å². The van der Waals surface area contributed by atoms with E-state index in [4.69, 9.17) is 41.7 Å². The zero-order valence-electron chi connectivity index (χ0n) is 91.6. The van der Waals surface area contributed by atoms with Gasteiger partial charge < -0.3 is 38.2 Å². The number of alkyl halides is 6. The molecular weight excluding hydrogens is 1410 g/mol. The molecule has 2 aliphatic rings. The monoisotopic (exact) mass is 1520 g/mol. The van der Waals surface area contributed by atoms with Gasteiger partial charge >= 0.3 is 12.4 Å². The van der Waals surface area contributed by atoms with Crippen molar-refractivity contribution in [3.05, 3.63) is 270 Å². The molecule has 0 unspecified atom stereocenters. The Balaban J connectivity index is 0.000000278. The minimum Gasteiger partial charge on any atom is -0.383 e. The summed E-state index contributed by atoms with van der Waals surface area (Å²) in [4.78, 5) is 57.7. The van der Waals surface area contributed by atoms with Crippen molar-refractivity contribution in [1.29, 1.82) is 0 Å². The lowest BCUT2D eigenvalue weighted by atomic mass is 9.97. The summed E-state index contributed by atoms with van der Waals surface area (Å²) in [7, 11) is 1.60. The van der Waals surface area contributed by atoms with Crippen molar-refractivity contribution in [2.24, 2.45) is 0 Å². The number of nitrogens with zero attached hydrogens (tertiary/aromatic N) is 6. The zero-order chi connectivity index (χ0) is 107. The van der Waals surface area contributed by atoms with Gasteiger partial charge in [-0.2, -0.15) is 26.3 Å². The van der Waals surface area contributed by atoms with Crippen molar-refractivity contribution in [3.8, 4) is 22.3 Å². The van der Waals surface area contributed by atoms with E-state index in [9.17, 15) is 62.8 Å². The fourth-order valence-electron chi connectivity index (χ4n) is 10.0. The lowest BCUT2D eigenvalue weighted by molar-refractivity contribution is -0.138. The van der Waals surface area contributed by atoms with Crippen LogP contribution in [0.3, 0.4) is 0 Å². The molecule has 2 aliphatic heterocycles. The first kappa shape index (κ1) is 42.3. The van der Waals surface area contributed by atoms with Crippen molar-refractivity contribution in [2.75, 3.05) is 66.4 Å². The molecule has 2 saturated heterocycles. The van der Waals surface area contributed by atoms with Gasteiger partial charge in [-0.25, -0.2) is 17.6 Å². The Morgan fingerprint density at radius 2 is 1.10 bits per heavy atom. The molecule has 2 aromatic heterocycles. The van der Waals surface area contributed by atoms with Crippen LogP contribution in [-0.4, -0.2) is 119 Å². The molecule has 2 fully saturated rings. The summed E-state index contributed by atoms with van der Waals surface area (Å²) >= 11 is 0.865. The second-order valence-electron chi connectivity index (χ2n) is 22.1. The molecule has 0 N–H and O–H groups in total. The minimum atomic E-state index is -5.48. The number of halogens is 10. The number of fused-ring (bicyclic) bond motifs is 2. The Labute approximate surface area is 662 Å². The Hall–Kier alpha value is -9.04. The lowest BCUT2D eigenvalue weighted by Gasteiger charge is -2.39. The highest BCUT2D eigenvalue weighted by molar-refractivity contribution is 7.98. The highest BCUT2D eigenvalue weighted by Gasteiger charge is 2.34. The quantitative estimate of drug-likeness (QED) is 0.0428. The zero-order valence-corrected chi connectivity index (χ0v) is 56.3. The Kier molecular flexibility index (Phi) is 14.1. The summed E-state index contributed by atoms with van der Waals surface area (Å²) in [6.07, 6.45) is -26.7. The number of benzene rings is 8. The van der Waals surface area contributed by atoms with Crippen LogP contribution in [0.25, 0.3) is 44.1 Å². The van der Waals surface area contributed by atoms with Crippen LogP contribution >= 0.6 is 23.5 Å². The molecule has 10 aromatic rings. The maximum Gasteiger partial charge on any atom is 0.416 e. The van der Waals surface area contributed by atoms with Crippen molar-refractivity contribution in [3.63, 3.8) is 0 Å². The minimum absolute atomic E-state index is 0.0103. The summed E-state index contributed by atoms with van der Waals surface area (Å²) in [6, 6.07) is -7.80. The fourth-order valence-corrected chi connectivity index (χ4v) is 12.0. The second-order valence-corrected chi connectivity index (χ2v) is 24.1. The van der Waals surface area contributed by atoms with E-state index in [1.165, 1.54) is 77.4 Å². The number of hydrogen-bond donors (Lipinski definition) is 0. The Morgan fingerprint density at radius 3 is 1.71 bits per heavy atom. The summed E-state index contributed by atoms with van der Waals surface area (Å²) in [5.74, 6) is -10.8. The van der Waals surface area contributed by atoms with Crippen LogP contribution in [-0.2, 0) is 69.1 Å². The highest BCUT2D eigenvalue weighted by atomic mass is 32.2. The molecule has 550 valence electrons. The van der Waals surface area contributed by atoms with Crippen molar-refractivity contribution >= 4 is 57.1 Å². The van der Waals surface area contributed by atoms with E-state index in [1.807, 2.05) is 0 Å². The number of hydrogen-bond acceptors (Lipinski definition) is 10. The number of piperidine rings is 2. The number of aromatic nitrogens is 2. The van der Waals surface area contributed by atoms with Crippen LogP contribution in [0, 0.1) is 30.2 Å². The normalized spacial score (nSPS) is 24.0. The van der Waals surface area contributed by atoms with Gasteiger partial charge in [-0.05, 0) is 132 Å². The lowest BCUT2D eigenvalue weighted by Crippen LogP contribution is -2.48. The summed E-state index contributed by atoms with van der Waals surface area (Å²) in [6.45, 7) is -29.3. The van der Waals surface area contributed by atoms with E-state index in [2.05, 4.69) is 4.74 Å². The van der Waals surface area contributed by atoms with Crippen LogP contribution in [0.2, 0.25) is 0 Å². The number of pyridine rings is 2. The third kappa shape index (κ3) is 19.3. The first-order valence-electron chi connectivity index (χ1n) is 49.1. The molecule has 105 heavy (non-hydrogen) atoms. The highest BCUT2D eigenvalue weighted by Crippen LogP contribution is 2.36. The molecular formula is C81H78F10N6O6S2. The predicted octanol–water partition coefficient (Wildman–Crippen LogP) is 17.1. The topological polar surface area (TPSA) is 110 Å². The van der Waals surface area contributed by atoms with E-state index in [0.717, 1.165) is 57.2 Å². The largest absolute Gasteiger partial charge is 0.416 e. The van der Waals surface area contributed by atoms with Crippen molar-refractivity contribution in [1.82, 2.24) is 28.7 Å². The van der Waals surface area contributed by atoms with E-state index in [0.29, 0.717) is 20.6 Å². The number of thioether (sulfide) groups is 2. The second kappa shape index (κ2) is 34.9. The van der Waals surface area contributed by atoms with Gasteiger partial charge in [0.05, 0.1) is 74.1 Å². The van der Waals surface area contributed by atoms with Gasteiger partial charge in [-0.3, -0.25) is 19.2 Å². The molecule has 0 atom stereocenters. The molecule has 0 aliphatic carbocycles. The summed E-state index contributed by atoms with van der Waals surface area (Å²) in [5.41, 5.74) is -10.2. The SMILES string of the molecule is [2H]C([2H])(CN1C([2H])([2H])C([2H])([2H])C([2H])(N(Cc2ccc(-c3ccc(C(F)(F)F)cc3)cc2)C(=O)Cn2c(SCc3cccc(F)c3F)cc(=O)c3ccccc32)C([2H])([2H])C1([2H])[2H])OC.[2H]c1c([2H])c(F)c(F)c(CSc2c([2H])c(=O)c3c([2H])c([2H])c([2H])c([2H])c3n2CC(=O)N(Cc2c([2H])c([2H])c(-c3c([2H])c([2H])c(C(F)(F)F)c([2H])c3[2H])c([2H])c2C)C2([2H])C([2H])([2H])C([2H])([2H])N(CC([2H])([2H])OC)C([2H])([2H])C2([2H])[2H])c1[2H]. The molecule has 0 spiro atoms. The Bertz CT molecular complexity index is 6730. The van der Waals surface area contributed by atoms with E-state index < -0.39 is 325 Å². The molecule has 0 radical (unpaired) electrons. The third-order valence-corrected chi connectivity index (χ3v) is 17.5. The third-order valence-electron chi connectivity index (χ3n) is 15.3. The van der Waals surface area contributed by atoms with Crippen LogP contribution in [0.4, 0.5) is 43.9 Å². The smallest absolute Gasteiger partial charge is 0.383 e. The number of rotatable bonds is 24. The van der Waals surface area contributed by atoms with Crippen LogP contribution in [0.15, 0.2) is 207 Å². The van der Waals surface area contributed by atoms with Crippen LogP contribution < -0.4 is 10.9 Å².